The summed E-state index contributed by atoms with van der Waals surface area (Å²) in [6, 6.07) is 17.1. The number of aliphatic imine (C=N–C) groups is 1. The number of carbonyl (C=O) groups is 3. The van der Waals surface area contributed by atoms with Crippen LogP contribution in [-0.2, 0) is 14.4 Å². The normalized spacial score (nSPS) is 12.0. The van der Waals surface area contributed by atoms with Crippen LogP contribution in [0.15, 0.2) is 71.7 Å². The first-order valence-electron chi connectivity index (χ1n) is 10.6. The van der Waals surface area contributed by atoms with Crippen molar-refractivity contribution in [2.45, 2.75) is 31.8 Å². The molecule has 9 nitrogen and oxygen atoms in total. The highest BCUT2D eigenvalue weighted by Crippen LogP contribution is 2.23. The van der Waals surface area contributed by atoms with Gasteiger partial charge in [0.1, 0.15) is 12.1 Å². The molecule has 0 aliphatic carbocycles. The largest absolute Gasteiger partial charge is 0.370 e. The minimum absolute atomic E-state index is 0.0549. The summed E-state index contributed by atoms with van der Waals surface area (Å²) < 4.78 is 0. The van der Waals surface area contributed by atoms with Gasteiger partial charge in [-0.3, -0.25) is 19.4 Å². The van der Waals surface area contributed by atoms with Gasteiger partial charge in [0.05, 0.1) is 0 Å². The molecule has 0 spiro atoms. The number of nitrogens with one attached hydrogen (secondary N) is 2. The van der Waals surface area contributed by atoms with Crippen molar-refractivity contribution in [3.63, 3.8) is 0 Å². The van der Waals surface area contributed by atoms with Crippen molar-refractivity contribution in [1.82, 2.24) is 10.6 Å². The number of rotatable bonds is 11. The number of hydrogen-bond donors (Lipinski definition) is 5. The summed E-state index contributed by atoms with van der Waals surface area (Å²) in [5, 5.41) is 5.25. The van der Waals surface area contributed by atoms with Gasteiger partial charge in [-0.25, -0.2) is 0 Å². The summed E-state index contributed by atoms with van der Waals surface area (Å²) in [7, 11) is 0. The molecule has 174 valence electrons. The molecule has 33 heavy (non-hydrogen) atoms. The predicted molar refractivity (Wildman–Crippen MR) is 129 cm³/mol. The van der Waals surface area contributed by atoms with Crippen molar-refractivity contribution in [2.75, 3.05) is 6.54 Å². The Balaban J connectivity index is 2.25. The SMILES string of the molecule is C[C@H](NC(=O)[C@@H](CCCN=C(N)N)NC(=O)C=C(c1ccccc1)c1ccccc1)C(N)=O. The van der Waals surface area contributed by atoms with E-state index in [9.17, 15) is 14.4 Å². The molecule has 2 aromatic carbocycles. The molecule has 0 fully saturated rings. The quantitative estimate of drug-likeness (QED) is 0.146. The second-order valence-electron chi connectivity index (χ2n) is 7.43. The summed E-state index contributed by atoms with van der Waals surface area (Å²) >= 11 is 0. The maximum Gasteiger partial charge on any atom is 0.245 e. The van der Waals surface area contributed by atoms with Gasteiger partial charge in [-0.15, -0.1) is 0 Å². The molecule has 8 N–H and O–H groups in total. The van der Waals surface area contributed by atoms with E-state index >= 15 is 0 Å². The van der Waals surface area contributed by atoms with Crippen molar-refractivity contribution in [1.29, 1.82) is 0 Å². The second kappa shape index (κ2) is 12.7. The molecule has 0 aliphatic rings. The van der Waals surface area contributed by atoms with Crippen LogP contribution in [0.4, 0.5) is 0 Å². The van der Waals surface area contributed by atoms with Crippen LogP contribution in [0.25, 0.3) is 5.57 Å². The maximum absolute atomic E-state index is 12.9. The Morgan fingerprint density at radius 3 is 1.94 bits per heavy atom. The number of hydrogen-bond acceptors (Lipinski definition) is 4. The Kier molecular flexibility index (Phi) is 9.63. The van der Waals surface area contributed by atoms with Gasteiger partial charge < -0.3 is 27.8 Å². The van der Waals surface area contributed by atoms with Gasteiger partial charge in [-0.1, -0.05) is 60.7 Å². The van der Waals surface area contributed by atoms with Gasteiger partial charge in [-0.2, -0.15) is 0 Å². The molecule has 3 amide bonds. The molecule has 0 unspecified atom stereocenters. The molecule has 0 radical (unpaired) electrons. The highest BCUT2D eigenvalue weighted by Gasteiger charge is 2.23. The third kappa shape index (κ3) is 8.48. The third-order valence-electron chi connectivity index (χ3n) is 4.81. The molecule has 0 aliphatic heterocycles. The maximum atomic E-state index is 12.9. The average Bonchev–Trinajstić information content (AvgIpc) is 2.80. The van der Waals surface area contributed by atoms with E-state index in [4.69, 9.17) is 17.2 Å². The molecular formula is C24H30N6O3. The Morgan fingerprint density at radius 2 is 1.45 bits per heavy atom. The fourth-order valence-corrected chi connectivity index (χ4v) is 3.07. The average molecular weight is 451 g/mol. The monoisotopic (exact) mass is 450 g/mol. The zero-order valence-electron chi connectivity index (χ0n) is 18.5. The fraction of sp³-hybridized carbons (Fsp3) is 0.250. The number of nitrogens with two attached hydrogens (primary N) is 3. The Bertz CT molecular complexity index is 960. The zero-order chi connectivity index (χ0) is 24.2. The first kappa shape index (κ1) is 25.1. The van der Waals surface area contributed by atoms with Crippen LogP contribution in [0.5, 0.6) is 0 Å². The van der Waals surface area contributed by atoms with Crippen LogP contribution >= 0.6 is 0 Å². The number of nitrogens with zero attached hydrogens (tertiary/aromatic N) is 1. The summed E-state index contributed by atoms with van der Waals surface area (Å²) in [4.78, 5) is 40.9. The van der Waals surface area contributed by atoms with Crippen molar-refractivity contribution >= 4 is 29.3 Å². The minimum Gasteiger partial charge on any atom is -0.370 e. The minimum atomic E-state index is -0.905. The van der Waals surface area contributed by atoms with Crippen molar-refractivity contribution in [2.24, 2.45) is 22.2 Å². The van der Waals surface area contributed by atoms with Crippen molar-refractivity contribution in [3.05, 3.63) is 77.9 Å². The zero-order valence-corrected chi connectivity index (χ0v) is 18.5. The highest BCUT2D eigenvalue weighted by atomic mass is 16.2. The van der Waals surface area contributed by atoms with Crippen LogP contribution in [0.2, 0.25) is 0 Å². The predicted octanol–water partition coefficient (Wildman–Crippen LogP) is 0.647. The van der Waals surface area contributed by atoms with Crippen LogP contribution < -0.4 is 27.8 Å². The number of carbonyl (C=O) groups excluding carboxylic acids is 3. The molecule has 9 heteroatoms. The van der Waals surface area contributed by atoms with Crippen LogP contribution in [0, 0.1) is 0 Å². The van der Waals surface area contributed by atoms with Gasteiger partial charge in [0.25, 0.3) is 0 Å². The fourth-order valence-electron chi connectivity index (χ4n) is 3.07. The lowest BCUT2D eigenvalue weighted by Crippen LogP contribution is -2.51. The first-order valence-corrected chi connectivity index (χ1v) is 10.6. The lowest BCUT2D eigenvalue weighted by atomic mass is 9.97. The lowest BCUT2D eigenvalue weighted by Gasteiger charge is -2.20. The van der Waals surface area contributed by atoms with E-state index in [1.54, 1.807) is 0 Å². The van der Waals surface area contributed by atoms with E-state index in [0.29, 0.717) is 18.5 Å². The van der Waals surface area contributed by atoms with Crippen molar-refractivity contribution in [3.8, 4) is 0 Å². The number of amides is 3. The van der Waals surface area contributed by atoms with E-state index in [1.165, 1.54) is 13.0 Å². The molecule has 0 saturated carbocycles. The first-order chi connectivity index (χ1) is 15.8. The lowest BCUT2D eigenvalue weighted by molar-refractivity contribution is -0.130. The smallest absolute Gasteiger partial charge is 0.245 e. The van der Waals surface area contributed by atoms with E-state index < -0.39 is 29.8 Å². The van der Waals surface area contributed by atoms with Gasteiger partial charge in [0.2, 0.25) is 17.7 Å². The standard InChI is InChI=1S/C24H30N6O3/c1-16(22(25)32)29-23(33)20(13-8-14-28-24(26)27)30-21(31)15-19(17-9-4-2-5-10-17)18-11-6-3-7-12-18/h2-7,9-12,15-16,20H,8,13-14H2,1H3,(H2,25,32)(H,29,33)(H,30,31)(H4,26,27,28)/t16-,20+/m0/s1. The molecule has 0 aromatic heterocycles. The Labute approximate surface area is 193 Å². The third-order valence-corrected chi connectivity index (χ3v) is 4.81. The van der Waals surface area contributed by atoms with E-state index in [2.05, 4.69) is 15.6 Å². The molecule has 0 bridgehead atoms. The molecule has 2 aromatic rings. The molecular weight excluding hydrogens is 420 g/mol. The number of primary amides is 1. The van der Waals surface area contributed by atoms with Crippen molar-refractivity contribution < 1.29 is 14.4 Å². The Morgan fingerprint density at radius 1 is 0.909 bits per heavy atom. The van der Waals surface area contributed by atoms with E-state index in [0.717, 1.165) is 11.1 Å². The topological polar surface area (TPSA) is 166 Å². The van der Waals surface area contributed by atoms with Gasteiger partial charge >= 0.3 is 0 Å². The summed E-state index contributed by atoms with van der Waals surface area (Å²) in [5.74, 6) is -1.70. The summed E-state index contributed by atoms with van der Waals surface area (Å²) in [5.41, 5.74) is 18.3. The van der Waals surface area contributed by atoms with Gasteiger partial charge in [0.15, 0.2) is 5.96 Å². The number of guanidine groups is 1. The summed E-state index contributed by atoms with van der Waals surface area (Å²) in [6.07, 6.45) is 2.16. The molecule has 2 atom stereocenters. The molecule has 0 heterocycles. The highest BCUT2D eigenvalue weighted by molar-refractivity contribution is 6.01. The number of benzene rings is 2. The molecule has 0 saturated heterocycles. The van der Waals surface area contributed by atoms with Gasteiger partial charge in [-0.05, 0) is 36.5 Å². The van der Waals surface area contributed by atoms with Crippen LogP contribution in [-0.4, -0.2) is 42.3 Å². The van der Waals surface area contributed by atoms with Gasteiger partial charge in [0, 0.05) is 12.6 Å². The van der Waals surface area contributed by atoms with Crippen LogP contribution in [0.1, 0.15) is 30.9 Å². The Hall–Kier alpha value is -4.14. The molecule has 2 rings (SSSR count). The second-order valence-corrected chi connectivity index (χ2v) is 7.43. The van der Waals surface area contributed by atoms with Crippen LogP contribution in [0.3, 0.4) is 0 Å². The van der Waals surface area contributed by atoms with E-state index in [1.807, 2.05) is 60.7 Å². The summed E-state index contributed by atoms with van der Waals surface area (Å²) in [6.45, 7) is 1.77. The van der Waals surface area contributed by atoms with E-state index in [-0.39, 0.29) is 12.4 Å².